The maximum Gasteiger partial charge on any atom is 0.223 e. The Morgan fingerprint density at radius 2 is 2.24 bits per heavy atom. The molecule has 1 aromatic rings. The van der Waals surface area contributed by atoms with Gasteiger partial charge >= 0.3 is 0 Å². The Labute approximate surface area is 102 Å². The number of aliphatic hydroxyl groups is 1. The van der Waals surface area contributed by atoms with Gasteiger partial charge in [0.2, 0.25) is 5.91 Å². The summed E-state index contributed by atoms with van der Waals surface area (Å²) in [7, 11) is 0. The fraction of sp³-hybridized carbons (Fsp3) is 0.500. The molecule has 0 bridgehead atoms. The highest BCUT2D eigenvalue weighted by Gasteiger charge is 2.32. The zero-order chi connectivity index (χ0) is 12.4. The molecular formula is C14H19NO2. The highest BCUT2D eigenvalue weighted by molar-refractivity contribution is 5.79. The second-order valence-corrected chi connectivity index (χ2v) is 4.77. The van der Waals surface area contributed by atoms with E-state index in [2.05, 4.69) is 5.32 Å². The molecule has 1 aliphatic rings. The standard InChI is InChI=1S/C14H19NO2/c1-3-9(2)14(17)15-13-11-7-5-4-6-10(11)8-12(13)16/h4-7,9,12-13,16H,3,8H2,1-2H3,(H,15,17)/t9?,12?,13-/m0/s1. The molecule has 1 aromatic carbocycles. The fourth-order valence-electron chi connectivity index (χ4n) is 2.23. The first-order chi connectivity index (χ1) is 8.13. The Kier molecular flexibility index (Phi) is 3.48. The van der Waals surface area contributed by atoms with Crippen LogP contribution in [-0.2, 0) is 11.2 Å². The summed E-state index contributed by atoms with van der Waals surface area (Å²) in [6.07, 6.45) is 0.943. The van der Waals surface area contributed by atoms with Crippen LogP contribution in [-0.4, -0.2) is 17.1 Å². The third kappa shape index (κ3) is 2.34. The summed E-state index contributed by atoms with van der Waals surface area (Å²) in [5.74, 6) is 0.0169. The molecule has 0 radical (unpaired) electrons. The quantitative estimate of drug-likeness (QED) is 0.836. The van der Waals surface area contributed by atoms with E-state index in [1.807, 2.05) is 38.1 Å². The maximum absolute atomic E-state index is 11.9. The normalized spacial score (nSPS) is 24.2. The van der Waals surface area contributed by atoms with Crippen LogP contribution in [0.2, 0.25) is 0 Å². The average Bonchev–Trinajstić information content (AvgIpc) is 2.65. The molecule has 17 heavy (non-hydrogen) atoms. The van der Waals surface area contributed by atoms with Gasteiger partial charge in [0.15, 0.2) is 0 Å². The van der Waals surface area contributed by atoms with Crippen LogP contribution in [0.4, 0.5) is 0 Å². The van der Waals surface area contributed by atoms with Gasteiger partial charge in [-0.05, 0) is 17.5 Å². The topological polar surface area (TPSA) is 49.3 Å². The molecule has 1 amide bonds. The molecule has 0 saturated heterocycles. The number of nitrogens with one attached hydrogen (secondary N) is 1. The van der Waals surface area contributed by atoms with E-state index in [4.69, 9.17) is 0 Å². The summed E-state index contributed by atoms with van der Waals surface area (Å²) in [5, 5.41) is 12.9. The molecule has 0 saturated carbocycles. The van der Waals surface area contributed by atoms with Crippen molar-refractivity contribution < 1.29 is 9.90 Å². The van der Waals surface area contributed by atoms with Crippen molar-refractivity contribution in [3.63, 3.8) is 0 Å². The summed E-state index contributed by atoms with van der Waals surface area (Å²) in [4.78, 5) is 11.9. The van der Waals surface area contributed by atoms with E-state index in [1.54, 1.807) is 0 Å². The van der Waals surface area contributed by atoms with Crippen LogP contribution in [0.15, 0.2) is 24.3 Å². The number of hydrogen-bond acceptors (Lipinski definition) is 2. The Hall–Kier alpha value is -1.35. The lowest BCUT2D eigenvalue weighted by Gasteiger charge is -2.20. The van der Waals surface area contributed by atoms with E-state index in [0.717, 1.165) is 17.5 Å². The minimum atomic E-state index is -0.500. The summed E-state index contributed by atoms with van der Waals surface area (Å²) in [5.41, 5.74) is 2.19. The van der Waals surface area contributed by atoms with Gasteiger partial charge in [-0.1, -0.05) is 38.1 Å². The van der Waals surface area contributed by atoms with Crippen LogP contribution in [0.3, 0.4) is 0 Å². The van der Waals surface area contributed by atoms with E-state index < -0.39 is 6.10 Å². The van der Waals surface area contributed by atoms with Gasteiger partial charge in [-0.15, -0.1) is 0 Å². The molecule has 1 aliphatic carbocycles. The van der Waals surface area contributed by atoms with Gasteiger partial charge in [0.25, 0.3) is 0 Å². The Morgan fingerprint density at radius 1 is 1.53 bits per heavy atom. The monoisotopic (exact) mass is 233 g/mol. The van der Waals surface area contributed by atoms with Gasteiger partial charge in [0, 0.05) is 12.3 Å². The summed E-state index contributed by atoms with van der Waals surface area (Å²) in [6, 6.07) is 7.65. The number of fused-ring (bicyclic) bond motifs is 1. The van der Waals surface area contributed by atoms with Crippen molar-refractivity contribution in [1.29, 1.82) is 0 Å². The number of carbonyl (C=O) groups excluding carboxylic acids is 1. The molecule has 3 heteroatoms. The van der Waals surface area contributed by atoms with Crippen molar-refractivity contribution in [1.82, 2.24) is 5.32 Å². The zero-order valence-corrected chi connectivity index (χ0v) is 10.3. The molecule has 2 N–H and O–H groups in total. The summed E-state index contributed by atoms with van der Waals surface area (Å²) >= 11 is 0. The number of aliphatic hydroxyl groups excluding tert-OH is 1. The van der Waals surface area contributed by atoms with Gasteiger partial charge in [-0.3, -0.25) is 4.79 Å². The number of carbonyl (C=O) groups is 1. The predicted octanol–water partition coefficient (Wildman–Crippen LogP) is 1.81. The van der Waals surface area contributed by atoms with E-state index in [1.165, 1.54) is 0 Å². The largest absolute Gasteiger partial charge is 0.390 e. The Balaban J connectivity index is 2.14. The first kappa shape index (κ1) is 12.1. The third-order valence-electron chi connectivity index (χ3n) is 3.56. The zero-order valence-electron chi connectivity index (χ0n) is 10.3. The van der Waals surface area contributed by atoms with Crippen molar-refractivity contribution in [2.24, 2.45) is 5.92 Å². The molecule has 2 rings (SSSR count). The van der Waals surface area contributed by atoms with Gasteiger partial charge in [0.1, 0.15) is 0 Å². The minimum absolute atomic E-state index is 0.00466. The summed E-state index contributed by atoms with van der Waals surface area (Å²) < 4.78 is 0. The van der Waals surface area contributed by atoms with Gasteiger partial charge in [-0.2, -0.15) is 0 Å². The van der Waals surface area contributed by atoms with E-state index in [9.17, 15) is 9.90 Å². The van der Waals surface area contributed by atoms with Crippen molar-refractivity contribution in [3.8, 4) is 0 Å². The van der Waals surface area contributed by atoms with Crippen LogP contribution < -0.4 is 5.32 Å². The Bertz CT molecular complexity index is 416. The molecule has 2 unspecified atom stereocenters. The maximum atomic E-state index is 11.9. The predicted molar refractivity (Wildman–Crippen MR) is 66.5 cm³/mol. The molecule has 0 aliphatic heterocycles. The van der Waals surface area contributed by atoms with Crippen LogP contribution in [0.25, 0.3) is 0 Å². The average molecular weight is 233 g/mol. The second-order valence-electron chi connectivity index (χ2n) is 4.77. The van der Waals surface area contributed by atoms with Crippen LogP contribution in [0.1, 0.15) is 37.4 Å². The molecule has 0 aromatic heterocycles. The van der Waals surface area contributed by atoms with E-state index in [0.29, 0.717) is 6.42 Å². The van der Waals surface area contributed by atoms with Crippen molar-refractivity contribution >= 4 is 5.91 Å². The number of hydrogen-bond donors (Lipinski definition) is 2. The third-order valence-corrected chi connectivity index (χ3v) is 3.56. The van der Waals surface area contributed by atoms with Crippen LogP contribution in [0, 0.1) is 5.92 Å². The van der Waals surface area contributed by atoms with Crippen molar-refractivity contribution in [2.45, 2.75) is 38.8 Å². The first-order valence-electron chi connectivity index (χ1n) is 6.19. The lowest BCUT2D eigenvalue weighted by molar-refractivity contribution is -0.126. The smallest absolute Gasteiger partial charge is 0.223 e. The van der Waals surface area contributed by atoms with Gasteiger partial charge in [0.05, 0.1) is 12.1 Å². The van der Waals surface area contributed by atoms with Crippen LogP contribution in [0.5, 0.6) is 0 Å². The number of amides is 1. The fourth-order valence-corrected chi connectivity index (χ4v) is 2.23. The SMILES string of the molecule is CCC(C)C(=O)N[C@H]1c2ccccc2CC1O. The highest BCUT2D eigenvalue weighted by Crippen LogP contribution is 2.31. The van der Waals surface area contributed by atoms with E-state index in [-0.39, 0.29) is 17.9 Å². The molecule has 3 nitrogen and oxygen atoms in total. The summed E-state index contributed by atoms with van der Waals surface area (Å²) in [6.45, 7) is 3.89. The highest BCUT2D eigenvalue weighted by atomic mass is 16.3. The van der Waals surface area contributed by atoms with Crippen molar-refractivity contribution in [2.75, 3.05) is 0 Å². The minimum Gasteiger partial charge on any atom is -0.390 e. The van der Waals surface area contributed by atoms with Gasteiger partial charge in [-0.25, -0.2) is 0 Å². The lowest BCUT2D eigenvalue weighted by Crippen LogP contribution is -2.36. The second kappa shape index (κ2) is 4.88. The number of benzene rings is 1. The lowest BCUT2D eigenvalue weighted by atomic mass is 10.0. The number of rotatable bonds is 3. The van der Waals surface area contributed by atoms with Crippen LogP contribution >= 0.6 is 0 Å². The van der Waals surface area contributed by atoms with E-state index >= 15 is 0 Å². The molecular weight excluding hydrogens is 214 g/mol. The van der Waals surface area contributed by atoms with Gasteiger partial charge < -0.3 is 10.4 Å². The molecule has 0 fully saturated rings. The van der Waals surface area contributed by atoms with Crippen molar-refractivity contribution in [3.05, 3.63) is 35.4 Å². The molecule has 0 heterocycles. The molecule has 0 spiro atoms. The molecule has 3 atom stereocenters. The molecule has 92 valence electrons. The Morgan fingerprint density at radius 3 is 2.94 bits per heavy atom. The first-order valence-corrected chi connectivity index (χ1v) is 6.19.